The van der Waals surface area contributed by atoms with Crippen LogP contribution in [-0.4, -0.2) is 268 Å². The summed E-state index contributed by atoms with van der Waals surface area (Å²) < 4.78 is 16.1. The molecule has 424 valence electrons. The number of amides is 2. The van der Waals surface area contributed by atoms with E-state index in [0.717, 1.165) is 70.7 Å². The summed E-state index contributed by atoms with van der Waals surface area (Å²) in [7, 11) is 7.18. The van der Waals surface area contributed by atoms with Crippen molar-refractivity contribution >= 4 is 54.9 Å². The van der Waals surface area contributed by atoms with Crippen LogP contribution in [0.25, 0.3) is 0 Å². The predicted molar refractivity (Wildman–Crippen MR) is 276 cm³/mol. The first-order valence-corrected chi connectivity index (χ1v) is 24.8. The van der Waals surface area contributed by atoms with Crippen molar-refractivity contribution in [2.75, 3.05) is 173 Å². The van der Waals surface area contributed by atoms with Gasteiger partial charge >= 0.3 is 11.9 Å². The van der Waals surface area contributed by atoms with Crippen molar-refractivity contribution in [3.63, 3.8) is 0 Å². The number of aldehydes is 3. The lowest BCUT2D eigenvalue weighted by molar-refractivity contribution is -0.140. The number of carboxylic acid groups (broad SMARTS) is 3. The summed E-state index contributed by atoms with van der Waals surface area (Å²) in [6.07, 6.45) is 7.38. The lowest BCUT2D eigenvalue weighted by Gasteiger charge is -2.29. The van der Waals surface area contributed by atoms with Crippen molar-refractivity contribution < 1.29 is 72.7 Å². The van der Waals surface area contributed by atoms with E-state index in [1.807, 2.05) is 37.6 Å². The Kier molecular flexibility index (Phi) is 66.6. The smallest absolute Gasteiger partial charge is 0.317 e. The van der Waals surface area contributed by atoms with Gasteiger partial charge in [0.2, 0.25) is 11.8 Å². The fourth-order valence-corrected chi connectivity index (χ4v) is 5.84. The van der Waals surface area contributed by atoms with Crippen LogP contribution < -0.4 is 31.9 Å². The molecule has 0 spiro atoms. The van der Waals surface area contributed by atoms with Gasteiger partial charge < -0.3 is 75.8 Å². The predicted octanol–water partition coefficient (Wildman–Crippen LogP) is -1.51. The van der Waals surface area contributed by atoms with Crippen LogP contribution in [0.2, 0.25) is 0 Å². The number of hydrogen-bond acceptors (Lipinski definition) is 20. The van der Waals surface area contributed by atoms with Crippen molar-refractivity contribution in [2.45, 2.75) is 78.7 Å². The summed E-state index contributed by atoms with van der Waals surface area (Å²) in [6.45, 7) is 19.0. The molecule has 0 bridgehead atoms. The quantitative estimate of drug-likeness (QED) is 0.0257. The number of ether oxygens (including phenoxy) is 3. The van der Waals surface area contributed by atoms with E-state index in [1.54, 1.807) is 33.0 Å². The normalized spacial score (nSPS) is 13.5. The van der Waals surface area contributed by atoms with E-state index in [2.05, 4.69) is 36.8 Å². The molecule has 1 rings (SSSR count). The van der Waals surface area contributed by atoms with Gasteiger partial charge in [-0.15, -0.1) is 0 Å². The Balaban J connectivity index is -0.000000288. The minimum absolute atomic E-state index is 0.0132. The molecule has 1 aliphatic rings. The third-order valence-electron chi connectivity index (χ3n) is 9.54. The second-order valence-electron chi connectivity index (χ2n) is 15.3. The van der Waals surface area contributed by atoms with E-state index < -0.39 is 11.9 Å². The van der Waals surface area contributed by atoms with E-state index in [1.165, 1.54) is 0 Å². The highest BCUT2D eigenvalue weighted by Gasteiger charge is 2.19. The van der Waals surface area contributed by atoms with Gasteiger partial charge in [0.15, 0.2) is 0 Å². The number of Topliss-reactive ketones (excluding diaryl/α,β-unsaturated/α-hetero) is 1. The van der Waals surface area contributed by atoms with E-state index in [-0.39, 0.29) is 56.0 Å². The topological polar surface area (TPSA) is 327 Å². The number of carbonyl (C=O) groups excluding carboxylic acids is 6. The summed E-state index contributed by atoms with van der Waals surface area (Å²) in [5, 5.41) is 42.0. The number of likely N-dealkylation sites (N-methyl/N-ethyl adjacent to an activating group) is 4. The van der Waals surface area contributed by atoms with Crippen LogP contribution in [0, 0.1) is 0 Å². The Morgan fingerprint density at radius 2 is 1.07 bits per heavy atom. The van der Waals surface area contributed by atoms with Gasteiger partial charge in [0.25, 0.3) is 6.47 Å². The first-order chi connectivity index (χ1) is 34.7. The molecule has 2 amide bonds. The number of aliphatic carboxylic acids is 2. The van der Waals surface area contributed by atoms with Crippen LogP contribution in [0.3, 0.4) is 0 Å². The zero-order valence-corrected chi connectivity index (χ0v) is 44.9. The van der Waals surface area contributed by atoms with Gasteiger partial charge in [-0.2, -0.15) is 0 Å². The third kappa shape index (κ3) is 61.7. The van der Waals surface area contributed by atoms with E-state index in [9.17, 15) is 38.4 Å². The molecular formula is C47H96N10O15. The largest absolute Gasteiger partial charge is 0.483 e. The Bertz CT molecular complexity index is 1310. The highest BCUT2D eigenvalue weighted by Crippen LogP contribution is 2.03. The third-order valence-corrected chi connectivity index (χ3v) is 9.54. The van der Waals surface area contributed by atoms with E-state index in [4.69, 9.17) is 34.3 Å². The van der Waals surface area contributed by atoms with E-state index in [0.29, 0.717) is 112 Å². The maximum absolute atomic E-state index is 11.2. The molecule has 1 saturated heterocycles. The summed E-state index contributed by atoms with van der Waals surface area (Å²) in [5.41, 5.74) is 0. The Morgan fingerprint density at radius 1 is 0.597 bits per heavy atom. The zero-order chi connectivity index (χ0) is 55.5. The van der Waals surface area contributed by atoms with Crippen LogP contribution in [0.5, 0.6) is 0 Å². The molecule has 0 aliphatic carbocycles. The molecule has 1 unspecified atom stereocenters. The molecule has 0 aromatic carbocycles. The fourth-order valence-electron chi connectivity index (χ4n) is 5.84. The summed E-state index contributed by atoms with van der Waals surface area (Å²) >= 11 is 0. The monoisotopic (exact) mass is 1040 g/mol. The van der Waals surface area contributed by atoms with Crippen molar-refractivity contribution in [1.29, 1.82) is 0 Å². The van der Waals surface area contributed by atoms with Crippen LogP contribution in [0.15, 0.2) is 0 Å². The first-order valence-electron chi connectivity index (χ1n) is 24.8. The maximum atomic E-state index is 11.2. The van der Waals surface area contributed by atoms with Gasteiger partial charge in [-0.25, -0.2) is 0 Å². The average molecular weight is 1040 g/mol. The molecule has 25 nitrogen and oxygen atoms in total. The SMILES string of the molecule is CC.CCN1CCN(CC(=O)O)CCN(CC(=O)O)CCN(CC=O)C1.CNCC(=O)NCCCCC(NC)C(C)=O.CNCC=O.CNCCCOCCOCCOCCCNC(=O)CCC=O.O=CO. The molecule has 0 aromatic heterocycles. The second-order valence-corrected chi connectivity index (χ2v) is 15.3. The number of carbonyl (C=O) groups is 9. The summed E-state index contributed by atoms with van der Waals surface area (Å²) in [4.78, 5) is 102. The summed E-state index contributed by atoms with van der Waals surface area (Å²) in [5.74, 6) is -1.71. The number of carboxylic acids is 2. The van der Waals surface area contributed by atoms with Gasteiger partial charge in [-0.05, 0) is 80.3 Å². The van der Waals surface area contributed by atoms with Gasteiger partial charge in [0.1, 0.15) is 24.6 Å². The molecule has 0 radical (unpaired) electrons. The molecule has 1 atom stereocenters. The molecule has 0 saturated carbocycles. The van der Waals surface area contributed by atoms with Gasteiger partial charge in [-0.3, -0.25) is 48.4 Å². The van der Waals surface area contributed by atoms with Crippen molar-refractivity contribution in [2.24, 2.45) is 0 Å². The fraction of sp³-hybridized carbons (Fsp3) is 0.809. The van der Waals surface area contributed by atoms with Crippen LogP contribution in [0.4, 0.5) is 0 Å². The number of nitrogens with one attached hydrogen (secondary N) is 6. The molecule has 0 aromatic rings. The number of ketones is 1. The van der Waals surface area contributed by atoms with Crippen LogP contribution in [-0.2, 0) is 57.4 Å². The second kappa shape index (κ2) is 62.7. The maximum Gasteiger partial charge on any atom is 0.317 e. The Hall–Kier alpha value is -4.41. The van der Waals surface area contributed by atoms with Crippen molar-refractivity contribution in [3.05, 3.63) is 0 Å². The number of hydrogen-bond donors (Lipinski definition) is 9. The lowest BCUT2D eigenvalue weighted by atomic mass is 10.1. The molecule has 1 aliphatic heterocycles. The number of unbranched alkanes of at least 4 members (excludes halogenated alkanes) is 1. The Labute approximate surface area is 429 Å². The lowest BCUT2D eigenvalue weighted by Crippen LogP contribution is -2.44. The molecular weight excluding hydrogens is 945 g/mol. The molecule has 25 heteroatoms. The Morgan fingerprint density at radius 3 is 1.47 bits per heavy atom. The minimum atomic E-state index is -0.910. The van der Waals surface area contributed by atoms with Crippen molar-refractivity contribution in [3.8, 4) is 0 Å². The highest BCUT2D eigenvalue weighted by atomic mass is 16.5. The minimum Gasteiger partial charge on any atom is -0.483 e. The molecule has 72 heavy (non-hydrogen) atoms. The number of rotatable bonds is 35. The summed E-state index contributed by atoms with van der Waals surface area (Å²) in [6, 6.07) is -0.0481. The molecule has 9 N–H and O–H groups in total. The number of nitrogens with zero attached hydrogens (tertiary/aromatic N) is 4. The van der Waals surface area contributed by atoms with Gasteiger partial charge in [0.05, 0.1) is 71.9 Å². The van der Waals surface area contributed by atoms with Crippen LogP contribution >= 0.6 is 0 Å². The van der Waals surface area contributed by atoms with Gasteiger partial charge in [0, 0.05) is 78.4 Å². The van der Waals surface area contributed by atoms with Crippen LogP contribution in [0.1, 0.15) is 72.6 Å². The highest BCUT2D eigenvalue weighted by molar-refractivity contribution is 5.81. The van der Waals surface area contributed by atoms with Crippen molar-refractivity contribution in [1.82, 2.24) is 51.5 Å². The molecule has 1 heterocycles. The zero-order valence-electron chi connectivity index (χ0n) is 44.9. The molecule has 1 fully saturated rings. The first kappa shape index (κ1) is 76.5. The van der Waals surface area contributed by atoms with E-state index >= 15 is 0 Å². The average Bonchev–Trinajstić information content (AvgIpc) is 3.38. The standard InChI is InChI=1S/C15H28N4O5.C15H30N2O5.C11H23N3O2.C3H7NO.C2H6.CH2O2/c1-2-16-3-4-17(11-14(21)22)5-6-18(12-15(23)24)7-8-19(13-16)9-10-20;1-16-6-3-9-20-11-13-22-14-12-21-10-4-7-17-15(19)5-2-8-18;1-9(15)10(13-3)6-4-5-7-14-11(16)8-12-2;1-4-2-3-5;1-2;2-1-3/h10H,2-9,11-13H2,1H3,(H,21,22)(H,23,24);8,16H,2-7,9-14H2,1H3,(H,17,19);10,12-13H,4-8H2,1-3H3,(H,14,16);3-4H,2H2,1H3;1-2H3;1H,(H,2,3). The van der Waals surface area contributed by atoms with Gasteiger partial charge in [-0.1, -0.05) is 20.8 Å².